The van der Waals surface area contributed by atoms with Gasteiger partial charge in [0.25, 0.3) is 0 Å². The van der Waals surface area contributed by atoms with Gasteiger partial charge in [0.1, 0.15) is 30.5 Å². The Kier molecular flexibility index (Phi) is 3.57. The van der Waals surface area contributed by atoms with Crippen LogP contribution in [0.2, 0.25) is 0 Å². The van der Waals surface area contributed by atoms with E-state index in [2.05, 4.69) is 9.98 Å². The standard InChI is InChI=1S/C18H12F2N2O2/c19-12-6-7-14(20)13(8-12)17-22-16(10-23-17)18-21-15(9-24-18)11-4-2-1-3-5-11/h1-8,10,15H,9H2/t15-/m1/s1. The molecule has 1 aliphatic rings. The Morgan fingerprint density at radius 2 is 1.88 bits per heavy atom. The molecule has 1 aliphatic heterocycles. The number of hydrogen-bond acceptors (Lipinski definition) is 4. The molecule has 0 spiro atoms. The minimum atomic E-state index is -0.610. The molecule has 2 heterocycles. The summed E-state index contributed by atoms with van der Waals surface area (Å²) in [6.45, 7) is 0.399. The SMILES string of the molecule is Fc1ccc(F)c(-c2nc(C3=N[C@@H](c4ccccc4)CO3)co2)c1. The molecule has 4 nitrogen and oxygen atoms in total. The van der Waals surface area contributed by atoms with Gasteiger partial charge in [-0.3, -0.25) is 0 Å². The fourth-order valence-electron chi connectivity index (χ4n) is 2.52. The van der Waals surface area contributed by atoms with Gasteiger partial charge >= 0.3 is 0 Å². The van der Waals surface area contributed by atoms with Crippen molar-refractivity contribution in [2.75, 3.05) is 6.61 Å². The Hall–Kier alpha value is -3.02. The molecule has 3 aromatic rings. The molecule has 0 unspecified atom stereocenters. The van der Waals surface area contributed by atoms with Crippen molar-refractivity contribution in [3.63, 3.8) is 0 Å². The van der Waals surface area contributed by atoms with Gasteiger partial charge in [-0.25, -0.2) is 18.8 Å². The zero-order chi connectivity index (χ0) is 16.5. The van der Waals surface area contributed by atoms with E-state index in [1.54, 1.807) is 0 Å². The second-order valence-corrected chi connectivity index (χ2v) is 5.33. The first kappa shape index (κ1) is 14.6. The summed E-state index contributed by atoms with van der Waals surface area (Å²) in [6.07, 6.45) is 1.33. The van der Waals surface area contributed by atoms with Gasteiger partial charge in [0.15, 0.2) is 5.69 Å². The van der Waals surface area contributed by atoms with Gasteiger partial charge in [0, 0.05) is 0 Å². The van der Waals surface area contributed by atoms with Crippen molar-refractivity contribution >= 4 is 5.90 Å². The van der Waals surface area contributed by atoms with Crippen LogP contribution in [0, 0.1) is 11.6 Å². The van der Waals surface area contributed by atoms with Gasteiger partial charge < -0.3 is 9.15 Å². The van der Waals surface area contributed by atoms with Gasteiger partial charge in [-0.15, -0.1) is 0 Å². The largest absolute Gasteiger partial charge is 0.474 e. The van der Waals surface area contributed by atoms with Crippen molar-refractivity contribution in [1.82, 2.24) is 4.98 Å². The van der Waals surface area contributed by atoms with Crippen LogP contribution in [0.5, 0.6) is 0 Å². The Bertz CT molecular complexity index is 906. The van der Waals surface area contributed by atoms with Crippen LogP contribution < -0.4 is 0 Å². The predicted octanol–water partition coefficient (Wildman–Crippen LogP) is 4.14. The van der Waals surface area contributed by atoms with Gasteiger partial charge in [-0.05, 0) is 23.8 Å². The first-order valence-corrected chi connectivity index (χ1v) is 7.37. The summed E-state index contributed by atoms with van der Waals surface area (Å²) in [5.74, 6) is -0.863. The number of aromatic nitrogens is 1. The summed E-state index contributed by atoms with van der Waals surface area (Å²) in [4.78, 5) is 8.64. The molecule has 0 amide bonds. The summed E-state index contributed by atoms with van der Waals surface area (Å²) in [7, 11) is 0. The van der Waals surface area contributed by atoms with Crippen molar-refractivity contribution in [1.29, 1.82) is 0 Å². The number of nitrogens with zero attached hydrogens (tertiary/aromatic N) is 2. The highest BCUT2D eigenvalue weighted by molar-refractivity contribution is 5.93. The van der Waals surface area contributed by atoms with Crippen LogP contribution in [0.4, 0.5) is 8.78 Å². The van der Waals surface area contributed by atoms with E-state index in [1.807, 2.05) is 30.3 Å². The Balaban J connectivity index is 1.63. The maximum atomic E-state index is 13.8. The molecular formula is C18H12F2N2O2. The topological polar surface area (TPSA) is 47.6 Å². The van der Waals surface area contributed by atoms with E-state index in [-0.39, 0.29) is 17.5 Å². The fourth-order valence-corrected chi connectivity index (χ4v) is 2.52. The summed E-state index contributed by atoms with van der Waals surface area (Å²) < 4.78 is 37.9. The molecule has 6 heteroatoms. The van der Waals surface area contributed by atoms with Crippen LogP contribution in [-0.2, 0) is 4.74 Å². The lowest BCUT2D eigenvalue weighted by Gasteiger charge is -2.03. The Morgan fingerprint density at radius 3 is 2.71 bits per heavy atom. The molecule has 0 saturated heterocycles. The molecule has 0 aliphatic carbocycles. The van der Waals surface area contributed by atoms with Gasteiger partial charge in [0.05, 0.1) is 5.56 Å². The molecule has 2 aromatic carbocycles. The molecule has 0 saturated carbocycles. The van der Waals surface area contributed by atoms with E-state index >= 15 is 0 Å². The first-order chi connectivity index (χ1) is 11.7. The van der Waals surface area contributed by atoms with Gasteiger partial charge in [-0.1, -0.05) is 30.3 Å². The molecule has 0 fully saturated rings. The van der Waals surface area contributed by atoms with Crippen molar-refractivity contribution in [3.05, 3.63) is 77.7 Å². The monoisotopic (exact) mass is 326 g/mol. The number of hydrogen-bond donors (Lipinski definition) is 0. The third-order valence-electron chi connectivity index (χ3n) is 3.72. The number of benzene rings is 2. The predicted molar refractivity (Wildman–Crippen MR) is 83.5 cm³/mol. The quantitative estimate of drug-likeness (QED) is 0.727. The van der Waals surface area contributed by atoms with Crippen molar-refractivity contribution < 1.29 is 17.9 Å². The lowest BCUT2D eigenvalue weighted by molar-refractivity contribution is 0.319. The third-order valence-corrected chi connectivity index (χ3v) is 3.72. The van der Waals surface area contributed by atoms with E-state index in [0.717, 1.165) is 23.8 Å². The number of halogens is 2. The molecule has 1 atom stereocenters. The van der Waals surface area contributed by atoms with Crippen LogP contribution >= 0.6 is 0 Å². The minimum absolute atomic E-state index is 0.0172. The van der Waals surface area contributed by atoms with Crippen molar-refractivity contribution in [2.24, 2.45) is 4.99 Å². The third kappa shape index (κ3) is 2.67. The summed E-state index contributed by atoms with van der Waals surface area (Å²) in [6, 6.07) is 12.7. The van der Waals surface area contributed by atoms with Crippen LogP contribution in [0.25, 0.3) is 11.5 Å². The highest BCUT2D eigenvalue weighted by Gasteiger charge is 2.24. The second kappa shape index (κ2) is 5.88. The van der Waals surface area contributed by atoms with Gasteiger partial charge in [0.2, 0.25) is 11.8 Å². The molecule has 4 rings (SSSR count). The normalized spacial score (nSPS) is 16.8. The highest BCUT2D eigenvalue weighted by Crippen LogP contribution is 2.27. The summed E-state index contributed by atoms with van der Waals surface area (Å²) in [5.41, 5.74) is 1.35. The summed E-state index contributed by atoms with van der Waals surface area (Å²) >= 11 is 0. The van der Waals surface area contributed by atoms with Crippen LogP contribution in [0.15, 0.2) is 64.2 Å². The average Bonchev–Trinajstić information content (AvgIpc) is 3.27. The van der Waals surface area contributed by atoms with E-state index in [0.29, 0.717) is 18.2 Å². The lowest BCUT2D eigenvalue weighted by Crippen LogP contribution is -2.01. The molecule has 120 valence electrons. The molecule has 1 aromatic heterocycles. The van der Waals surface area contributed by atoms with E-state index in [4.69, 9.17) is 9.15 Å². The first-order valence-electron chi connectivity index (χ1n) is 7.37. The highest BCUT2D eigenvalue weighted by atomic mass is 19.1. The maximum Gasteiger partial charge on any atom is 0.239 e. The van der Waals surface area contributed by atoms with Gasteiger partial charge in [-0.2, -0.15) is 0 Å². The van der Waals surface area contributed by atoms with Crippen LogP contribution in [0.1, 0.15) is 17.3 Å². The number of rotatable bonds is 3. The van der Waals surface area contributed by atoms with E-state index < -0.39 is 11.6 Å². The van der Waals surface area contributed by atoms with Crippen molar-refractivity contribution in [2.45, 2.75) is 6.04 Å². The number of oxazole rings is 1. The number of ether oxygens (including phenoxy) is 1. The Labute approximate surface area is 136 Å². The molecule has 0 bridgehead atoms. The van der Waals surface area contributed by atoms with E-state index in [9.17, 15) is 8.78 Å². The second-order valence-electron chi connectivity index (χ2n) is 5.33. The van der Waals surface area contributed by atoms with Crippen LogP contribution in [0.3, 0.4) is 0 Å². The zero-order valence-corrected chi connectivity index (χ0v) is 12.4. The Morgan fingerprint density at radius 1 is 1.04 bits per heavy atom. The fraction of sp³-hybridized carbons (Fsp3) is 0.111. The van der Waals surface area contributed by atoms with Crippen molar-refractivity contribution in [3.8, 4) is 11.5 Å². The van der Waals surface area contributed by atoms with E-state index in [1.165, 1.54) is 6.26 Å². The molecule has 24 heavy (non-hydrogen) atoms. The minimum Gasteiger partial charge on any atom is -0.474 e. The molecule has 0 radical (unpaired) electrons. The smallest absolute Gasteiger partial charge is 0.239 e. The zero-order valence-electron chi connectivity index (χ0n) is 12.4. The molecule has 0 N–H and O–H groups in total. The number of aliphatic imine (C=N–C) groups is 1. The maximum absolute atomic E-state index is 13.8. The van der Waals surface area contributed by atoms with Crippen LogP contribution in [-0.4, -0.2) is 17.5 Å². The average molecular weight is 326 g/mol. The molecular weight excluding hydrogens is 314 g/mol. The summed E-state index contributed by atoms with van der Waals surface area (Å²) in [5, 5.41) is 0. The lowest BCUT2D eigenvalue weighted by atomic mass is 10.1.